The van der Waals surface area contributed by atoms with E-state index in [-0.39, 0.29) is 36.4 Å². The maximum Gasteiger partial charge on any atom is 0.416 e. The van der Waals surface area contributed by atoms with Crippen molar-refractivity contribution in [2.45, 2.75) is 55.8 Å². The van der Waals surface area contributed by atoms with Crippen molar-refractivity contribution < 1.29 is 35.9 Å². The van der Waals surface area contributed by atoms with Crippen LogP contribution in [-0.4, -0.2) is 31.3 Å². The summed E-state index contributed by atoms with van der Waals surface area (Å²) in [5.74, 6) is 0. The minimum atomic E-state index is -4.93. The third kappa shape index (κ3) is 5.56. The number of ether oxygens (including phenoxy) is 1. The molecule has 11 heteroatoms. The first-order chi connectivity index (χ1) is 16.4. The summed E-state index contributed by atoms with van der Waals surface area (Å²) in [6.45, 7) is 1.82. The van der Waals surface area contributed by atoms with Crippen LogP contribution in [0.4, 0.5) is 31.1 Å². The molecule has 190 valence electrons. The zero-order valence-corrected chi connectivity index (χ0v) is 18.8. The van der Waals surface area contributed by atoms with E-state index in [9.17, 15) is 31.1 Å². The van der Waals surface area contributed by atoms with E-state index < -0.39 is 35.1 Å². The van der Waals surface area contributed by atoms with Gasteiger partial charge in [0.25, 0.3) is 0 Å². The lowest BCUT2D eigenvalue weighted by Crippen LogP contribution is -2.69. The van der Waals surface area contributed by atoms with Gasteiger partial charge in [-0.25, -0.2) is 4.79 Å². The Labute approximate surface area is 198 Å². The Kier molecular flexibility index (Phi) is 6.76. The number of piperidine rings is 1. The van der Waals surface area contributed by atoms with Crippen molar-refractivity contribution in [1.29, 1.82) is 0 Å². The summed E-state index contributed by atoms with van der Waals surface area (Å²) in [6, 6.07) is 10.3. The average molecular weight is 501 g/mol. The van der Waals surface area contributed by atoms with E-state index in [2.05, 4.69) is 16.0 Å². The van der Waals surface area contributed by atoms with E-state index in [1.807, 2.05) is 30.3 Å². The standard InChI is InChI=1S/C24H25F6N3O2/c1-14(15-9-17(23(25,26)27)11-18(10-15)24(28,29)30)35-13-22(16-5-3-2-4-6-16)8-7-19-20(33-22)12-31-21(34)32-19/h2-6,9-11,14,19-20,33H,7-8,12-13H2,1H3,(H2,31,32,34)/t14-,19+,20-,22-/m1/s1. The van der Waals surface area contributed by atoms with Gasteiger partial charge < -0.3 is 15.4 Å². The van der Waals surface area contributed by atoms with Crippen LogP contribution in [-0.2, 0) is 22.6 Å². The molecule has 35 heavy (non-hydrogen) atoms. The summed E-state index contributed by atoms with van der Waals surface area (Å²) in [7, 11) is 0. The van der Waals surface area contributed by atoms with E-state index >= 15 is 0 Å². The minimum absolute atomic E-state index is 0.00689. The van der Waals surface area contributed by atoms with Gasteiger partial charge in [0.1, 0.15) is 0 Å². The predicted octanol–water partition coefficient (Wildman–Crippen LogP) is 5.13. The Morgan fingerprint density at radius 2 is 1.63 bits per heavy atom. The topological polar surface area (TPSA) is 62.4 Å². The monoisotopic (exact) mass is 501 g/mol. The summed E-state index contributed by atoms with van der Waals surface area (Å²) >= 11 is 0. The fraction of sp³-hybridized carbons (Fsp3) is 0.458. The van der Waals surface area contributed by atoms with Gasteiger partial charge in [-0.1, -0.05) is 30.3 Å². The average Bonchev–Trinajstić information content (AvgIpc) is 2.81. The highest BCUT2D eigenvalue weighted by molar-refractivity contribution is 5.75. The van der Waals surface area contributed by atoms with Crippen molar-refractivity contribution in [3.05, 3.63) is 70.8 Å². The van der Waals surface area contributed by atoms with Gasteiger partial charge in [-0.3, -0.25) is 5.32 Å². The van der Waals surface area contributed by atoms with Crippen molar-refractivity contribution in [2.75, 3.05) is 13.2 Å². The highest BCUT2D eigenvalue weighted by Gasteiger charge is 2.44. The number of rotatable bonds is 5. The highest BCUT2D eigenvalue weighted by atomic mass is 19.4. The van der Waals surface area contributed by atoms with E-state index in [1.165, 1.54) is 6.92 Å². The van der Waals surface area contributed by atoms with E-state index in [0.717, 1.165) is 5.56 Å². The number of carbonyl (C=O) groups is 1. The van der Waals surface area contributed by atoms with Crippen molar-refractivity contribution in [3.8, 4) is 0 Å². The van der Waals surface area contributed by atoms with Crippen molar-refractivity contribution >= 4 is 6.03 Å². The van der Waals surface area contributed by atoms with E-state index in [4.69, 9.17) is 4.74 Å². The molecule has 0 spiro atoms. The van der Waals surface area contributed by atoms with Gasteiger partial charge in [0.15, 0.2) is 0 Å². The first-order valence-electron chi connectivity index (χ1n) is 11.2. The molecule has 0 bridgehead atoms. The normalized spacial score (nSPS) is 25.9. The summed E-state index contributed by atoms with van der Waals surface area (Å²) in [4.78, 5) is 11.7. The van der Waals surface area contributed by atoms with Crippen LogP contribution in [0.2, 0.25) is 0 Å². The van der Waals surface area contributed by atoms with Gasteiger partial charge in [-0.05, 0) is 49.1 Å². The first-order valence-corrected chi connectivity index (χ1v) is 11.2. The third-order valence-electron chi connectivity index (χ3n) is 6.61. The van der Waals surface area contributed by atoms with Gasteiger partial charge >= 0.3 is 18.4 Å². The Balaban J connectivity index is 1.60. The largest absolute Gasteiger partial charge is 0.416 e. The Hall–Kier alpha value is -2.79. The zero-order chi connectivity index (χ0) is 25.4. The number of fused-ring (bicyclic) bond motifs is 1. The number of halogens is 6. The minimum Gasteiger partial charge on any atom is -0.372 e. The second kappa shape index (κ2) is 9.34. The molecule has 4 atom stereocenters. The summed E-state index contributed by atoms with van der Waals surface area (Å²) in [6.07, 6.45) is -9.73. The van der Waals surface area contributed by atoms with Gasteiger partial charge in [0.05, 0.1) is 29.4 Å². The van der Waals surface area contributed by atoms with Crippen LogP contribution in [0.1, 0.15) is 48.1 Å². The fourth-order valence-corrected chi connectivity index (χ4v) is 4.68. The van der Waals surface area contributed by atoms with Crippen molar-refractivity contribution in [3.63, 3.8) is 0 Å². The number of hydrogen-bond donors (Lipinski definition) is 3. The van der Waals surface area contributed by atoms with Crippen LogP contribution in [0, 0.1) is 0 Å². The molecule has 4 rings (SSSR count). The molecule has 0 aromatic heterocycles. The Bertz CT molecular complexity index is 1030. The molecule has 2 aliphatic rings. The molecule has 0 radical (unpaired) electrons. The molecule has 2 aromatic rings. The van der Waals surface area contributed by atoms with Crippen LogP contribution in [0.25, 0.3) is 0 Å². The van der Waals surface area contributed by atoms with E-state index in [1.54, 1.807) is 0 Å². The molecule has 0 aliphatic carbocycles. The molecular formula is C24H25F6N3O2. The molecule has 2 aliphatic heterocycles. The number of hydrogen-bond acceptors (Lipinski definition) is 3. The molecule has 3 N–H and O–H groups in total. The fourth-order valence-electron chi connectivity index (χ4n) is 4.68. The van der Waals surface area contributed by atoms with Crippen molar-refractivity contribution in [1.82, 2.24) is 16.0 Å². The third-order valence-corrected chi connectivity index (χ3v) is 6.61. The van der Waals surface area contributed by atoms with Crippen LogP contribution in [0.15, 0.2) is 48.5 Å². The summed E-state index contributed by atoms with van der Waals surface area (Å²) in [5, 5.41) is 9.13. The Morgan fingerprint density at radius 1 is 1.00 bits per heavy atom. The van der Waals surface area contributed by atoms with Crippen LogP contribution >= 0.6 is 0 Å². The molecule has 2 fully saturated rings. The molecule has 2 aromatic carbocycles. The van der Waals surface area contributed by atoms with Gasteiger partial charge in [-0.15, -0.1) is 0 Å². The van der Waals surface area contributed by atoms with Crippen molar-refractivity contribution in [2.24, 2.45) is 0 Å². The molecule has 2 saturated heterocycles. The summed E-state index contributed by atoms with van der Waals surface area (Å²) in [5.41, 5.74) is -2.83. The predicted molar refractivity (Wildman–Crippen MR) is 115 cm³/mol. The van der Waals surface area contributed by atoms with E-state index in [0.29, 0.717) is 31.5 Å². The zero-order valence-electron chi connectivity index (χ0n) is 18.8. The Morgan fingerprint density at radius 3 is 2.23 bits per heavy atom. The number of alkyl halides is 6. The van der Waals surface area contributed by atoms with Gasteiger partial charge in [0, 0.05) is 18.6 Å². The van der Waals surface area contributed by atoms with Crippen LogP contribution in [0.5, 0.6) is 0 Å². The first kappa shape index (κ1) is 25.3. The summed E-state index contributed by atoms with van der Waals surface area (Å²) < 4.78 is 85.7. The SMILES string of the molecule is C[C@@H](OC[C@@]1(c2ccccc2)CC[C@@H]2NC(=O)NC[C@H]2N1)c1cc(C(F)(F)F)cc(C(F)(F)F)c1. The second-order valence-corrected chi connectivity index (χ2v) is 8.99. The molecule has 2 amide bonds. The lowest BCUT2D eigenvalue weighted by atomic mass is 9.78. The number of benzene rings is 2. The van der Waals surface area contributed by atoms with Gasteiger partial charge in [0.2, 0.25) is 0 Å². The maximum absolute atomic E-state index is 13.3. The number of amides is 2. The van der Waals surface area contributed by atoms with Gasteiger partial charge in [-0.2, -0.15) is 26.3 Å². The highest BCUT2D eigenvalue weighted by Crippen LogP contribution is 2.39. The molecule has 2 heterocycles. The molecule has 0 saturated carbocycles. The molecule has 5 nitrogen and oxygen atoms in total. The second-order valence-electron chi connectivity index (χ2n) is 8.99. The maximum atomic E-state index is 13.3. The smallest absolute Gasteiger partial charge is 0.372 e. The number of carbonyl (C=O) groups excluding carboxylic acids is 1. The lowest BCUT2D eigenvalue weighted by Gasteiger charge is -2.48. The number of nitrogens with one attached hydrogen (secondary N) is 3. The van der Waals surface area contributed by atoms with Crippen LogP contribution in [0.3, 0.4) is 0 Å². The molecular weight excluding hydrogens is 476 g/mol. The quantitative estimate of drug-likeness (QED) is 0.498. The molecule has 0 unspecified atom stereocenters. The van der Waals surface area contributed by atoms with Crippen LogP contribution < -0.4 is 16.0 Å². The number of urea groups is 1. The lowest BCUT2D eigenvalue weighted by molar-refractivity contribution is -0.143.